The van der Waals surface area contributed by atoms with Crippen molar-refractivity contribution in [1.29, 1.82) is 0 Å². The van der Waals surface area contributed by atoms with Gasteiger partial charge in [-0.15, -0.1) is 11.3 Å². The standard InChI is InChI=1S/C56H39N3S/c1-2-17-45-46-23-14-22-40(36-15-4-5-16-37(33-36)57-49-25-10-6-18-41(49)42-19-7-11-26-50(42)57)56(46)59(53(45)24-3-1)39-30-32-55-48(35-39)47-34-38(29-31-54(47)60-55)58-51-27-12-8-20-43(51)44-21-9-13-28-52(44)58/h1-15,18-21,23-35,40H,16-17,22H2. The van der Waals surface area contributed by atoms with Gasteiger partial charge in [-0.25, -0.2) is 0 Å². The highest BCUT2D eigenvalue weighted by Crippen LogP contribution is 2.46. The Balaban J connectivity index is 0.998. The first kappa shape index (κ1) is 33.8. The highest BCUT2D eigenvalue weighted by Gasteiger charge is 2.31. The maximum Gasteiger partial charge on any atom is 0.0541 e. The molecule has 1 unspecified atom stereocenters. The van der Waals surface area contributed by atoms with Crippen LogP contribution in [0, 0.1) is 0 Å². The van der Waals surface area contributed by atoms with Crippen LogP contribution in [0.15, 0.2) is 188 Å². The van der Waals surface area contributed by atoms with Crippen molar-refractivity contribution in [1.82, 2.24) is 13.7 Å². The molecule has 284 valence electrons. The fourth-order valence-electron chi connectivity index (χ4n) is 10.5. The van der Waals surface area contributed by atoms with Gasteiger partial charge in [0.15, 0.2) is 0 Å². The Morgan fingerprint density at radius 3 is 1.68 bits per heavy atom. The van der Waals surface area contributed by atoms with Crippen LogP contribution in [0.3, 0.4) is 0 Å². The van der Waals surface area contributed by atoms with Crippen LogP contribution in [-0.4, -0.2) is 13.7 Å². The molecule has 6 aromatic carbocycles. The molecule has 0 saturated heterocycles. The molecule has 0 spiro atoms. The number of benzene rings is 6. The van der Waals surface area contributed by atoms with E-state index < -0.39 is 0 Å². The number of fused-ring (bicyclic) bond motifs is 12. The lowest BCUT2D eigenvalue weighted by molar-refractivity contribution is 0.754. The van der Waals surface area contributed by atoms with Gasteiger partial charge in [0.2, 0.25) is 0 Å². The molecule has 0 aliphatic heterocycles. The maximum absolute atomic E-state index is 2.60. The third-order valence-corrected chi connectivity index (χ3v) is 14.2. The van der Waals surface area contributed by atoms with E-state index in [-0.39, 0.29) is 5.92 Å². The topological polar surface area (TPSA) is 14.8 Å². The molecule has 0 fully saturated rings. The summed E-state index contributed by atoms with van der Waals surface area (Å²) in [7, 11) is 0. The van der Waals surface area contributed by atoms with Crippen molar-refractivity contribution in [3.8, 4) is 11.4 Å². The summed E-state index contributed by atoms with van der Waals surface area (Å²) < 4.78 is 10.2. The van der Waals surface area contributed by atoms with E-state index in [1.54, 1.807) is 0 Å². The summed E-state index contributed by atoms with van der Waals surface area (Å²) in [5.74, 6) is 0.178. The van der Waals surface area contributed by atoms with Crippen molar-refractivity contribution in [3.05, 3.63) is 210 Å². The molecule has 0 saturated carbocycles. The molecule has 1 atom stereocenters. The van der Waals surface area contributed by atoms with E-state index in [0.29, 0.717) is 0 Å². The van der Waals surface area contributed by atoms with Gasteiger partial charge in [0.05, 0.1) is 27.8 Å². The van der Waals surface area contributed by atoms with E-state index in [1.165, 1.54) is 109 Å². The van der Waals surface area contributed by atoms with Crippen LogP contribution < -0.4 is 0 Å². The quantitative estimate of drug-likeness (QED) is 0.169. The van der Waals surface area contributed by atoms with Crippen molar-refractivity contribution in [3.63, 3.8) is 0 Å². The molecule has 0 bridgehead atoms. The Bertz CT molecular complexity index is 3530. The highest BCUT2D eigenvalue weighted by molar-refractivity contribution is 7.25. The number of hydrogen-bond donors (Lipinski definition) is 0. The van der Waals surface area contributed by atoms with Crippen LogP contribution >= 0.6 is 11.3 Å². The summed E-state index contributed by atoms with van der Waals surface area (Å²) in [4.78, 5) is 0. The summed E-state index contributed by atoms with van der Waals surface area (Å²) in [6, 6.07) is 49.5. The van der Waals surface area contributed by atoms with Crippen molar-refractivity contribution >= 4 is 93.0 Å². The van der Waals surface area contributed by atoms with E-state index in [2.05, 4.69) is 208 Å². The second-order valence-corrected chi connectivity index (χ2v) is 17.4. The molecule has 0 amide bonds. The van der Waals surface area contributed by atoms with Crippen LogP contribution in [0.25, 0.3) is 93.0 Å². The summed E-state index contributed by atoms with van der Waals surface area (Å²) in [5, 5.41) is 7.76. The van der Waals surface area contributed by atoms with Gasteiger partial charge in [-0.1, -0.05) is 121 Å². The Hall–Kier alpha value is -7.14. The van der Waals surface area contributed by atoms with E-state index in [0.717, 1.165) is 19.3 Å². The summed E-state index contributed by atoms with van der Waals surface area (Å²) in [5.41, 5.74) is 15.5. The molecule has 0 N–H and O–H groups in total. The van der Waals surface area contributed by atoms with Crippen molar-refractivity contribution < 1.29 is 0 Å². The van der Waals surface area contributed by atoms with Crippen molar-refractivity contribution in [2.75, 3.05) is 0 Å². The molecule has 4 heteroatoms. The van der Waals surface area contributed by atoms with Crippen LogP contribution in [0.5, 0.6) is 0 Å². The average molecular weight is 786 g/mol. The summed E-state index contributed by atoms with van der Waals surface area (Å²) >= 11 is 1.89. The van der Waals surface area contributed by atoms with Gasteiger partial charge in [0.25, 0.3) is 0 Å². The molecular weight excluding hydrogens is 747 g/mol. The fourth-order valence-corrected chi connectivity index (χ4v) is 11.6. The maximum atomic E-state index is 2.60. The number of thiophene rings is 1. The molecule has 3 nitrogen and oxygen atoms in total. The number of rotatable bonds is 4. The molecule has 10 aromatic rings. The van der Waals surface area contributed by atoms with E-state index in [4.69, 9.17) is 0 Å². The van der Waals surface area contributed by atoms with E-state index in [9.17, 15) is 0 Å². The van der Waals surface area contributed by atoms with E-state index >= 15 is 0 Å². The third kappa shape index (κ3) is 4.95. The van der Waals surface area contributed by atoms with Gasteiger partial charge >= 0.3 is 0 Å². The third-order valence-electron chi connectivity index (χ3n) is 13.1. The molecule has 13 rings (SSSR count). The van der Waals surface area contributed by atoms with Crippen LogP contribution in [0.1, 0.15) is 41.3 Å². The Labute approximate surface area is 351 Å². The zero-order chi connectivity index (χ0) is 39.3. The summed E-state index contributed by atoms with van der Waals surface area (Å²) in [6.45, 7) is 0. The first-order valence-corrected chi connectivity index (χ1v) is 21.9. The van der Waals surface area contributed by atoms with Gasteiger partial charge < -0.3 is 13.7 Å². The largest absolute Gasteiger partial charge is 0.313 e. The van der Waals surface area contributed by atoms with Crippen LogP contribution in [0.2, 0.25) is 0 Å². The molecule has 4 aromatic heterocycles. The second-order valence-electron chi connectivity index (χ2n) is 16.3. The average Bonchev–Trinajstić information content (AvgIpc) is 3.90. The molecule has 3 aliphatic carbocycles. The van der Waals surface area contributed by atoms with Gasteiger partial charge in [0, 0.05) is 82.4 Å². The fraction of sp³-hybridized carbons (Fsp3) is 0.0714. The lowest BCUT2D eigenvalue weighted by atomic mass is 9.84. The minimum Gasteiger partial charge on any atom is -0.313 e. The van der Waals surface area contributed by atoms with Gasteiger partial charge in [-0.3, -0.25) is 0 Å². The van der Waals surface area contributed by atoms with E-state index in [1.807, 2.05) is 11.3 Å². The highest BCUT2D eigenvalue weighted by atomic mass is 32.1. The monoisotopic (exact) mass is 785 g/mol. The summed E-state index contributed by atoms with van der Waals surface area (Å²) in [6.07, 6.45) is 26.1. The normalized spacial score (nSPS) is 16.2. The minimum atomic E-state index is 0.178. The van der Waals surface area contributed by atoms with Gasteiger partial charge in [0.1, 0.15) is 0 Å². The predicted octanol–water partition coefficient (Wildman–Crippen LogP) is 15.1. The number of hydrogen-bond acceptors (Lipinski definition) is 1. The second kappa shape index (κ2) is 13.2. The lowest BCUT2D eigenvalue weighted by Gasteiger charge is -2.25. The molecular formula is C56H39N3S. The Morgan fingerprint density at radius 1 is 0.483 bits per heavy atom. The number of para-hydroxylation sites is 4. The Morgan fingerprint density at radius 2 is 1.05 bits per heavy atom. The smallest absolute Gasteiger partial charge is 0.0541 e. The first-order chi connectivity index (χ1) is 29.8. The molecule has 0 radical (unpaired) electrons. The first-order valence-electron chi connectivity index (χ1n) is 21.1. The van der Waals surface area contributed by atoms with Crippen molar-refractivity contribution in [2.45, 2.75) is 25.2 Å². The Kier molecular flexibility index (Phi) is 7.43. The van der Waals surface area contributed by atoms with Crippen LogP contribution in [-0.2, 0) is 6.42 Å². The molecule has 60 heavy (non-hydrogen) atoms. The van der Waals surface area contributed by atoms with Crippen molar-refractivity contribution in [2.24, 2.45) is 0 Å². The zero-order valence-corrected chi connectivity index (χ0v) is 33.7. The lowest BCUT2D eigenvalue weighted by Crippen LogP contribution is -2.12. The van der Waals surface area contributed by atoms with Crippen LogP contribution in [0.4, 0.5) is 0 Å². The molecule has 3 aliphatic rings. The van der Waals surface area contributed by atoms with Gasteiger partial charge in [-0.05, 0) is 96.8 Å². The zero-order valence-electron chi connectivity index (χ0n) is 32.9. The van der Waals surface area contributed by atoms with Gasteiger partial charge in [-0.2, -0.15) is 0 Å². The predicted molar refractivity (Wildman–Crippen MR) is 257 cm³/mol. The number of allylic oxidation sites excluding steroid dienone is 10. The minimum absolute atomic E-state index is 0.178. The number of aromatic nitrogens is 3. The number of nitrogens with zero attached hydrogens (tertiary/aromatic N) is 3. The SMILES string of the molecule is C1=CCC(n2c3ccccc3c3ccccc32)=CC(C2CC=Cc3c4c(n(-c5ccc6sc7ccc(-n8c9ccccc9c9ccccc98)cc7c6c5)c32)C=CC=CC4)=C1. The molecule has 4 heterocycles.